The van der Waals surface area contributed by atoms with Crippen LogP contribution < -0.4 is 5.32 Å². The zero-order valence-electron chi connectivity index (χ0n) is 9.83. The van der Waals surface area contributed by atoms with E-state index in [0.29, 0.717) is 12.0 Å². The van der Waals surface area contributed by atoms with Crippen LogP contribution in [0.2, 0.25) is 0 Å². The van der Waals surface area contributed by atoms with E-state index in [1.165, 1.54) is 0 Å². The molecule has 0 saturated carbocycles. The van der Waals surface area contributed by atoms with E-state index < -0.39 is 0 Å². The Morgan fingerprint density at radius 1 is 1.36 bits per heavy atom. The van der Waals surface area contributed by atoms with Crippen LogP contribution in [-0.2, 0) is 6.54 Å². The van der Waals surface area contributed by atoms with Crippen molar-refractivity contribution in [3.05, 3.63) is 11.9 Å². The van der Waals surface area contributed by atoms with Crippen molar-refractivity contribution in [3.63, 3.8) is 0 Å². The van der Waals surface area contributed by atoms with Crippen molar-refractivity contribution in [3.8, 4) is 0 Å². The van der Waals surface area contributed by atoms with Gasteiger partial charge in [0.25, 0.3) is 0 Å². The Labute approximate surface area is 86.5 Å². The van der Waals surface area contributed by atoms with E-state index in [1.807, 2.05) is 6.92 Å². The summed E-state index contributed by atoms with van der Waals surface area (Å²) >= 11 is 0. The molecule has 0 atom stereocenters. The second-order valence-corrected chi connectivity index (χ2v) is 4.55. The Hall–Kier alpha value is -0.990. The topological polar surface area (TPSA) is 29.9 Å². The number of anilines is 1. The number of hydrogen-bond acceptors (Lipinski definition) is 2. The van der Waals surface area contributed by atoms with Crippen LogP contribution in [0.25, 0.3) is 0 Å². The summed E-state index contributed by atoms with van der Waals surface area (Å²) in [6.07, 6.45) is 2.10. The molecule has 3 heteroatoms. The summed E-state index contributed by atoms with van der Waals surface area (Å²) in [7, 11) is 0. The van der Waals surface area contributed by atoms with E-state index in [9.17, 15) is 0 Å². The fourth-order valence-corrected chi connectivity index (χ4v) is 1.45. The normalized spacial score (nSPS) is 11.4. The zero-order valence-corrected chi connectivity index (χ0v) is 9.83. The molecule has 1 aromatic rings. The van der Waals surface area contributed by atoms with Crippen LogP contribution in [0.3, 0.4) is 0 Å². The first kappa shape index (κ1) is 11.1. The number of aryl methyl sites for hydroxylation is 1. The minimum absolute atomic E-state index is 0.433. The SMILES string of the molecule is Cc1cn(CC(C)C)c(NC(C)C)n1. The maximum absolute atomic E-state index is 4.46. The summed E-state index contributed by atoms with van der Waals surface area (Å²) in [6, 6.07) is 0.433. The molecule has 0 fully saturated rings. The van der Waals surface area contributed by atoms with Crippen molar-refractivity contribution in [1.82, 2.24) is 9.55 Å². The molecule has 0 amide bonds. The Kier molecular flexibility index (Phi) is 3.55. The maximum Gasteiger partial charge on any atom is 0.203 e. The van der Waals surface area contributed by atoms with E-state index in [-0.39, 0.29) is 0 Å². The van der Waals surface area contributed by atoms with Crippen LogP contribution in [0.15, 0.2) is 6.20 Å². The second kappa shape index (κ2) is 4.49. The van der Waals surface area contributed by atoms with Gasteiger partial charge in [-0.3, -0.25) is 0 Å². The maximum atomic E-state index is 4.46. The summed E-state index contributed by atoms with van der Waals surface area (Å²) in [5, 5.41) is 3.35. The summed E-state index contributed by atoms with van der Waals surface area (Å²) in [6.45, 7) is 11.7. The van der Waals surface area contributed by atoms with Crippen molar-refractivity contribution >= 4 is 5.95 Å². The number of nitrogens with one attached hydrogen (secondary N) is 1. The minimum atomic E-state index is 0.433. The van der Waals surface area contributed by atoms with Gasteiger partial charge in [-0.1, -0.05) is 13.8 Å². The van der Waals surface area contributed by atoms with E-state index in [4.69, 9.17) is 0 Å². The van der Waals surface area contributed by atoms with Crippen LogP contribution in [0.1, 0.15) is 33.4 Å². The second-order valence-electron chi connectivity index (χ2n) is 4.55. The summed E-state index contributed by atoms with van der Waals surface area (Å²) in [5.74, 6) is 1.64. The average molecular weight is 195 g/mol. The molecule has 1 aromatic heterocycles. The summed E-state index contributed by atoms with van der Waals surface area (Å²) in [4.78, 5) is 4.46. The van der Waals surface area contributed by atoms with Gasteiger partial charge in [-0.15, -0.1) is 0 Å². The quantitative estimate of drug-likeness (QED) is 0.800. The third-order valence-electron chi connectivity index (χ3n) is 1.88. The van der Waals surface area contributed by atoms with E-state index >= 15 is 0 Å². The summed E-state index contributed by atoms with van der Waals surface area (Å²) < 4.78 is 2.19. The molecule has 0 aromatic carbocycles. The Morgan fingerprint density at radius 2 is 2.00 bits per heavy atom. The van der Waals surface area contributed by atoms with Gasteiger partial charge in [-0.2, -0.15) is 0 Å². The highest BCUT2D eigenvalue weighted by Crippen LogP contribution is 2.12. The lowest BCUT2D eigenvalue weighted by atomic mass is 10.2. The number of aromatic nitrogens is 2. The van der Waals surface area contributed by atoms with Crippen molar-refractivity contribution in [2.24, 2.45) is 5.92 Å². The van der Waals surface area contributed by atoms with Gasteiger partial charge in [0, 0.05) is 18.8 Å². The Morgan fingerprint density at radius 3 is 2.50 bits per heavy atom. The molecule has 0 bridgehead atoms. The highest BCUT2D eigenvalue weighted by Gasteiger charge is 2.07. The zero-order chi connectivity index (χ0) is 10.7. The molecule has 1 heterocycles. The molecule has 3 nitrogen and oxygen atoms in total. The van der Waals surface area contributed by atoms with Gasteiger partial charge < -0.3 is 9.88 Å². The molecular formula is C11H21N3. The van der Waals surface area contributed by atoms with Gasteiger partial charge >= 0.3 is 0 Å². The van der Waals surface area contributed by atoms with E-state index in [0.717, 1.165) is 18.2 Å². The monoisotopic (exact) mass is 195 g/mol. The molecule has 0 aliphatic rings. The lowest BCUT2D eigenvalue weighted by Crippen LogP contribution is -2.15. The van der Waals surface area contributed by atoms with Gasteiger partial charge in [0.2, 0.25) is 5.95 Å². The highest BCUT2D eigenvalue weighted by molar-refractivity contribution is 5.29. The number of nitrogens with zero attached hydrogens (tertiary/aromatic N) is 2. The molecule has 0 aliphatic carbocycles. The molecule has 14 heavy (non-hydrogen) atoms. The van der Waals surface area contributed by atoms with Crippen LogP contribution >= 0.6 is 0 Å². The van der Waals surface area contributed by atoms with Crippen molar-refractivity contribution < 1.29 is 0 Å². The molecule has 80 valence electrons. The van der Waals surface area contributed by atoms with Crippen molar-refractivity contribution in [2.45, 2.75) is 47.2 Å². The molecule has 0 radical (unpaired) electrons. The van der Waals surface area contributed by atoms with Crippen LogP contribution in [0, 0.1) is 12.8 Å². The van der Waals surface area contributed by atoms with Gasteiger partial charge in [-0.05, 0) is 26.7 Å². The van der Waals surface area contributed by atoms with Crippen LogP contribution in [0.4, 0.5) is 5.95 Å². The molecule has 0 unspecified atom stereocenters. The van der Waals surface area contributed by atoms with E-state index in [2.05, 4.69) is 48.8 Å². The fraction of sp³-hybridized carbons (Fsp3) is 0.727. The first-order valence-electron chi connectivity index (χ1n) is 5.29. The van der Waals surface area contributed by atoms with Gasteiger partial charge in [0.1, 0.15) is 0 Å². The summed E-state index contributed by atoms with van der Waals surface area (Å²) in [5.41, 5.74) is 1.08. The third kappa shape index (κ3) is 3.05. The minimum Gasteiger partial charge on any atom is -0.353 e. The first-order chi connectivity index (χ1) is 6.49. The lowest BCUT2D eigenvalue weighted by molar-refractivity contribution is 0.525. The first-order valence-corrected chi connectivity index (χ1v) is 5.29. The number of imidazole rings is 1. The lowest BCUT2D eigenvalue weighted by Gasteiger charge is -2.13. The largest absolute Gasteiger partial charge is 0.353 e. The fourth-order valence-electron chi connectivity index (χ4n) is 1.45. The molecule has 0 saturated heterocycles. The number of rotatable bonds is 4. The van der Waals surface area contributed by atoms with Crippen molar-refractivity contribution in [2.75, 3.05) is 5.32 Å². The van der Waals surface area contributed by atoms with Gasteiger partial charge in [0.15, 0.2) is 0 Å². The predicted molar refractivity (Wildman–Crippen MR) is 60.6 cm³/mol. The molecule has 0 spiro atoms. The third-order valence-corrected chi connectivity index (χ3v) is 1.88. The highest BCUT2D eigenvalue weighted by atomic mass is 15.2. The van der Waals surface area contributed by atoms with Crippen molar-refractivity contribution in [1.29, 1.82) is 0 Å². The smallest absolute Gasteiger partial charge is 0.203 e. The molecule has 1 rings (SSSR count). The standard InChI is InChI=1S/C11H21N3/c1-8(2)6-14-7-10(5)13-11(14)12-9(3)4/h7-9H,6H2,1-5H3,(H,12,13). The molecule has 1 N–H and O–H groups in total. The molecule has 0 aliphatic heterocycles. The van der Waals surface area contributed by atoms with Gasteiger partial charge in [0.05, 0.1) is 5.69 Å². The predicted octanol–water partition coefficient (Wildman–Crippen LogP) is 2.67. The van der Waals surface area contributed by atoms with Crippen LogP contribution in [0.5, 0.6) is 0 Å². The average Bonchev–Trinajstić information content (AvgIpc) is 2.28. The Balaban J connectivity index is 2.80. The van der Waals surface area contributed by atoms with Crippen LogP contribution in [-0.4, -0.2) is 15.6 Å². The number of hydrogen-bond donors (Lipinski definition) is 1. The Bertz CT molecular complexity index is 259. The molecular weight excluding hydrogens is 174 g/mol. The van der Waals surface area contributed by atoms with E-state index in [1.54, 1.807) is 0 Å². The van der Waals surface area contributed by atoms with Gasteiger partial charge in [-0.25, -0.2) is 4.98 Å².